The van der Waals surface area contributed by atoms with E-state index in [2.05, 4.69) is 0 Å². The van der Waals surface area contributed by atoms with Crippen molar-refractivity contribution in [2.24, 2.45) is 0 Å². The van der Waals surface area contributed by atoms with Gasteiger partial charge in [0.15, 0.2) is 0 Å². The summed E-state index contributed by atoms with van der Waals surface area (Å²) in [6.45, 7) is 0. The van der Waals surface area contributed by atoms with Crippen LogP contribution in [0, 0.1) is 0 Å². The van der Waals surface area contributed by atoms with E-state index >= 15 is 0 Å². The maximum absolute atomic E-state index is 9.38. The van der Waals surface area contributed by atoms with Crippen LogP contribution in [-0.4, -0.2) is 12.3 Å². The summed E-state index contributed by atoms with van der Waals surface area (Å²) in [5, 5.41) is 9.38. The minimum absolute atomic E-state index is 0.604. The summed E-state index contributed by atoms with van der Waals surface area (Å²) in [5.41, 5.74) is 0. The van der Waals surface area contributed by atoms with E-state index in [1.807, 2.05) is 0 Å². The number of hydrogen-bond acceptors (Lipinski definition) is 2. The zero-order valence-corrected chi connectivity index (χ0v) is 3.38. The third-order valence-electron chi connectivity index (χ3n) is 0.287. The molecule has 0 atom stereocenters. The lowest BCUT2D eigenvalue weighted by atomic mass is 10.5. The Morgan fingerprint density at radius 2 is 2.14 bits per heavy atom. The SMILES string of the molecule is [O]C(=O)/C=C/[C]=O. The molecule has 0 saturated heterocycles. The quantitative estimate of drug-likeness (QED) is 0.441. The Labute approximate surface area is 40.3 Å². The smallest absolute Gasteiger partial charge is 0.286 e. The van der Waals surface area contributed by atoms with Gasteiger partial charge in [0.2, 0.25) is 6.29 Å². The molecule has 0 bridgehead atoms. The number of carbonyl (C=O) groups is 1. The molecule has 0 aliphatic rings. The van der Waals surface area contributed by atoms with E-state index in [1.165, 1.54) is 6.29 Å². The van der Waals surface area contributed by atoms with Crippen LogP contribution in [0.5, 0.6) is 0 Å². The lowest BCUT2D eigenvalue weighted by molar-refractivity contribution is -0.137. The zero-order valence-electron chi connectivity index (χ0n) is 3.38. The Hall–Kier alpha value is -1.12. The maximum Gasteiger partial charge on any atom is 0.379 e. The highest BCUT2D eigenvalue weighted by molar-refractivity contribution is 5.84. The summed E-state index contributed by atoms with van der Waals surface area (Å²) in [5.74, 6) is -1.39. The third kappa shape index (κ3) is 4.88. The molecule has 0 aliphatic carbocycles. The van der Waals surface area contributed by atoms with Crippen LogP contribution >= 0.6 is 0 Å². The summed E-state index contributed by atoms with van der Waals surface area (Å²) >= 11 is 0. The lowest BCUT2D eigenvalue weighted by Gasteiger charge is -1.61. The van der Waals surface area contributed by atoms with Gasteiger partial charge in [-0.25, -0.2) is 9.90 Å². The van der Waals surface area contributed by atoms with Crippen LogP contribution in [0.4, 0.5) is 0 Å². The predicted octanol–water partition coefficient (Wildman–Crippen LogP) is -0.391. The van der Waals surface area contributed by atoms with Gasteiger partial charge in [-0.15, -0.1) is 0 Å². The fourth-order valence-corrected chi connectivity index (χ4v) is 0.102. The maximum atomic E-state index is 9.38. The van der Waals surface area contributed by atoms with Crippen LogP contribution in [0.3, 0.4) is 0 Å². The van der Waals surface area contributed by atoms with Gasteiger partial charge in [0.05, 0.1) is 0 Å². The summed E-state index contributed by atoms with van der Waals surface area (Å²) in [6.07, 6.45) is 2.58. The van der Waals surface area contributed by atoms with Crippen molar-refractivity contribution in [3.8, 4) is 0 Å². The van der Waals surface area contributed by atoms with E-state index in [-0.39, 0.29) is 0 Å². The summed E-state index contributed by atoms with van der Waals surface area (Å²) in [6, 6.07) is 0. The van der Waals surface area contributed by atoms with Gasteiger partial charge in [0.1, 0.15) is 0 Å². The van der Waals surface area contributed by atoms with Crippen molar-refractivity contribution >= 4 is 12.3 Å². The third-order valence-corrected chi connectivity index (χ3v) is 0.287. The molecule has 36 valence electrons. The van der Waals surface area contributed by atoms with Gasteiger partial charge in [0, 0.05) is 6.08 Å². The first kappa shape index (κ1) is 5.88. The largest absolute Gasteiger partial charge is 0.379 e. The Bertz CT molecular complexity index is 104. The minimum Gasteiger partial charge on any atom is -0.286 e. The van der Waals surface area contributed by atoms with Crippen molar-refractivity contribution in [2.45, 2.75) is 0 Å². The molecule has 0 rings (SSSR count). The number of carbonyl (C=O) groups excluding carboxylic acids is 2. The second kappa shape index (κ2) is 3.08. The summed E-state index contributed by atoms with van der Waals surface area (Å²) < 4.78 is 0. The lowest BCUT2D eigenvalue weighted by Crippen LogP contribution is -1.82. The fraction of sp³-hybridized carbons (Fsp3) is 0. The van der Waals surface area contributed by atoms with Crippen molar-refractivity contribution < 1.29 is 14.7 Å². The average Bonchev–Trinajstić information content (AvgIpc) is 1.61. The highest BCUT2D eigenvalue weighted by Crippen LogP contribution is 1.65. The van der Waals surface area contributed by atoms with Crippen molar-refractivity contribution in [3.05, 3.63) is 12.2 Å². The van der Waals surface area contributed by atoms with Crippen molar-refractivity contribution in [3.63, 3.8) is 0 Å². The molecule has 3 nitrogen and oxygen atoms in total. The molecule has 0 unspecified atom stereocenters. The van der Waals surface area contributed by atoms with E-state index in [9.17, 15) is 14.7 Å². The first-order valence-corrected chi connectivity index (χ1v) is 1.52. The van der Waals surface area contributed by atoms with Crippen LogP contribution in [0.2, 0.25) is 0 Å². The van der Waals surface area contributed by atoms with Gasteiger partial charge in [-0.3, -0.25) is 4.79 Å². The van der Waals surface area contributed by atoms with Crippen molar-refractivity contribution in [2.75, 3.05) is 0 Å². The Kier molecular flexibility index (Phi) is 2.59. The van der Waals surface area contributed by atoms with E-state index in [4.69, 9.17) is 0 Å². The fourth-order valence-electron chi connectivity index (χ4n) is 0.102. The normalized spacial score (nSPS) is 9.14. The molecule has 0 aromatic rings. The van der Waals surface area contributed by atoms with Gasteiger partial charge in [-0.2, -0.15) is 0 Å². The van der Waals surface area contributed by atoms with E-state index in [0.717, 1.165) is 6.08 Å². The molecule has 0 amide bonds. The molecule has 0 spiro atoms. The molecular weight excluding hydrogens is 96.0 g/mol. The number of hydrogen-bond donors (Lipinski definition) is 0. The summed E-state index contributed by atoms with van der Waals surface area (Å²) in [7, 11) is 0. The Morgan fingerprint density at radius 1 is 1.57 bits per heavy atom. The van der Waals surface area contributed by atoms with Gasteiger partial charge >= 0.3 is 5.97 Å². The first-order valence-electron chi connectivity index (χ1n) is 1.52. The standard InChI is InChI=1S/C4H2O3/c5-3-1-2-4(6)7/h1-2H/b2-1+. The van der Waals surface area contributed by atoms with Crippen LogP contribution in [0.15, 0.2) is 12.2 Å². The average molecular weight is 98.1 g/mol. The number of allylic oxidation sites excluding steroid dienone is 1. The van der Waals surface area contributed by atoms with Gasteiger partial charge < -0.3 is 0 Å². The van der Waals surface area contributed by atoms with Crippen LogP contribution in [0.1, 0.15) is 0 Å². The van der Waals surface area contributed by atoms with Crippen LogP contribution in [-0.2, 0) is 14.7 Å². The molecule has 0 aromatic carbocycles. The molecular formula is C4H2O3. The Morgan fingerprint density at radius 3 is 2.29 bits per heavy atom. The zero-order chi connectivity index (χ0) is 5.70. The van der Waals surface area contributed by atoms with Gasteiger partial charge in [-0.05, 0) is 6.08 Å². The van der Waals surface area contributed by atoms with Crippen molar-refractivity contribution in [1.82, 2.24) is 0 Å². The van der Waals surface area contributed by atoms with Crippen molar-refractivity contribution in [1.29, 1.82) is 0 Å². The molecule has 0 aliphatic heterocycles. The molecule has 7 heavy (non-hydrogen) atoms. The molecule has 3 heteroatoms. The second-order valence-corrected chi connectivity index (χ2v) is 0.770. The summed E-state index contributed by atoms with van der Waals surface area (Å²) in [4.78, 5) is 18.6. The monoisotopic (exact) mass is 98.0 g/mol. The second-order valence-electron chi connectivity index (χ2n) is 0.770. The first-order chi connectivity index (χ1) is 3.27. The van der Waals surface area contributed by atoms with E-state index in [1.54, 1.807) is 0 Å². The molecule has 0 aromatic heterocycles. The molecule has 0 saturated carbocycles. The molecule has 0 fully saturated rings. The molecule has 2 radical (unpaired) electrons. The molecule has 0 heterocycles. The van der Waals surface area contributed by atoms with Crippen LogP contribution in [0.25, 0.3) is 0 Å². The van der Waals surface area contributed by atoms with Crippen LogP contribution < -0.4 is 0 Å². The number of rotatable bonds is 2. The van der Waals surface area contributed by atoms with Gasteiger partial charge in [0.25, 0.3) is 0 Å². The minimum atomic E-state index is -1.39. The highest BCUT2D eigenvalue weighted by atomic mass is 16.4. The highest BCUT2D eigenvalue weighted by Gasteiger charge is 1.84. The Balaban J connectivity index is 3.46. The topological polar surface area (TPSA) is 54.0 Å². The van der Waals surface area contributed by atoms with E-state index < -0.39 is 5.97 Å². The molecule has 0 N–H and O–H groups in total. The van der Waals surface area contributed by atoms with E-state index in [0.29, 0.717) is 6.08 Å². The predicted molar refractivity (Wildman–Crippen MR) is 20.5 cm³/mol. The van der Waals surface area contributed by atoms with Gasteiger partial charge in [-0.1, -0.05) is 0 Å².